The lowest BCUT2D eigenvalue weighted by atomic mass is 9.92. The van der Waals surface area contributed by atoms with Crippen molar-refractivity contribution in [3.8, 4) is 5.75 Å². The molecule has 0 atom stereocenters. The lowest BCUT2D eigenvalue weighted by molar-refractivity contribution is -0.0104. The first kappa shape index (κ1) is 18.8. The maximum atomic E-state index is 12.4. The lowest BCUT2D eigenvalue weighted by Crippen LogP contribution is -2.49. The van der Waals surface area contributed by atoms with E-state index in [0.29, 0.717) is 31.7 Å². The summed E-state index contributed by atoms with van der Waals surface area (Å²) in [6.07, 6.45) is 1.01. The summed E-state index contributed by atoms with van der Waals surface area (Å²) in [6, 6.07) is 2.59. The Balaban J connectivity index is 2.15. The highest BCUT2D eigenvalue weighted by Crippen LogP contribution is 2.33. The second-order valence-corrected chi connectivity index (χ2v) is 8.32. The van der Waals surface area contributed by atoms with Crippen molar-refractivity contribution in [1.29, 1.82) is 0 Å². The van der Waals surface area contributed by atoms with E-state index in [2.05, 4.69) is 9.62 Å². The van der Waals surface area contributed by atoms with Gasteiger partial charge in [-0.05, 0) is 26.0 Å². The van der Waals surface area contributed by atoms with Gasteiger partial charge in [0.25, 0.3) is 0 Å². The molecular formula is C14H20Cl2N2O4S. The number of likely N-dealkylation sites (tertiary alicyclic amines) is 1. The zero-order valence-electron chi connectivity index (χ0n) is 13.0. The number of methoxy groups -OCH3 is 1. The third-order valence-electron chi connectivity index (χ3n) is 4.00. The van der Waals surface area contributed by atoms with Crippen molar-refractivity contribution in [1.82, 2.24) is 9.62 Å². The van der Waals surface area contributed by atoms with E-state index in [4.69, 9.17) is 27.9 Å². The van der Waals surface area contributed by atoms with Crippen LogP contribution in [0.4, 0.5) is 0 Å². The molecule has 130 valence electrons. The summed E-state index contributed by atoms with van der Waals surface area (Å²) in [6.45, 7) is 1.36. The van der Waals surface area contributed by atoms with Crippen molar-refractivity contribution >= 4 is 33.2 Å². The van der Waals surface area contributed by atoms with Gasteiger partial charge in [-0.2, -0.15) is 0 Å². The van der Waals surface area contributed by atoms with E-state index < -0.39 is 15.6 Å². The Bertz CT molecular complexity index is 674. The fourth-order valence-corrected chi connectivity index (χ4v) is 4.36. The molecule has 0 saturated carbocycles. The first-order valence-corrected chi connectivity index (χ1v) is 9.34. The quantitative estimate of drug-likeness (QED) is 0.810. The highest BCUT2D eigenvalue weighted by Gasteiger charge is 2.33. The minimum atomic E-state index is -3.89. The Morgan fingerprint density at radius 2 is 1.91 bits per heavy atom. The number of nitrogens with zero attached hydrogens (tertiary/aromatic N) is 1. The van der Waals surface area contributed by atoms with Gasteiger partial charge in [0.05, 0.1) is 22.8 Å². The summed E-state index contributed by atoms with van der Waals surface area (Å²) in [5.74, 6) is 0.296. The van der Waals surface area contributed by atoms with Crippen molar-refractivity contribution in [2.24, 2.45) is 0 Å². The maximum Gasteiger partial charge on any atom is 0.242 e. The van der Waals surface area contributed by atoms with Crippen LogP contribution in [0, 0.1) is 0 Å². The van der Waals surface area contributed by atoms with E-state index >= 15 is 0 Å². The molecule has 0 spiro atoms. The van der Waals surface area contributed by atoms with Gasteiger partial charge in [0.1, 0.15) is 10.6 Å². The number of nitrogens with one attached hydrogen (secondary N) is 1. The molecule has 1 fully saturated rings. The largest absolute Gasteiger partial charge is 0.495 e. The van der Waals surface area contributed by atoms with Gasteiger partial charge in [-0.1, -0.05) is 23.2 Å². The fraction of sp³-hybridized carbons (Fsp3) is 0.571. The molecule has 0 radical (unpaired) electrons. The Morgan fingerprint density at radius 1 is 1.30 bits per heavy atom. The van der Waals surface area contributed by atoms with Crippen LogP contribution in [0.1, 0.15) is 12.8 Å². The van der Waals surface area contributed by atoms with Crippen LogP contribution in [0.25, 0.3) is 0 Å². The number of hydrogen-bond donors (Lipinski definition) is 2. The van der Waals surface area contributed by atoms with Crippen LogP contribution in [-0.2, 0) is 10.0 Å². The summed E-state index contributed by atoms with van der Waals surface area (Å²) < 4.78 is 32.3. The monoisotopic (exact) mass is 382 g/mol. The van der Waals surface area contributed by atoms with E-state index in [1.54, 1.807) is 0 Å². The summed E-state index contributed by atoms with van der Waals surface area (Å²) in [7, 11) is -0.508. The van der Waals surface area contributed by atoms with E-state index in [9.17, 15) is 13.5 Å². The number of halogens is 2. The van der Waals surface area contributed by atoms with Gasteiger partial charge in [-0.25, -0.2) is 13.1 Å². The third kappa shape index (κ3) is 4.49. The number of piperidine rings is 1. The first-order valence-electron chi connectivity index (χ1n) is 7.10. The Kier molecular flexibility index (Phi) is 5.81. The number of benzene rings is 1. The van der Waals surface area contributed by atoms with Crippen LogP contribution in [0.2, 0.25) is 10.0 Å². The summed E-state index contributed by atoms with van der Waals surface area (Å²) in [4.78, 5) is 1.95. The van der Waals surface area contributed by atoms with Gasteiger partial charge >= 0.3 is 0 Å². The number of ether oxygens (including phenoxy) is 1. The average molecular weight is 383 g/mol. The zero-order valence-corrected chi connectivity index (χ0v) is 15.3. The van der Waals surface area contributed by atoms with Gasteiger partial charge in [-0.3, -0.25) is 0 Å². The van der Waals surface area contributed by atoms with E-state index in [0.717, 1.165) is 0 Å². The molecule has 2 N–H and O–H groups in total. The zero-order chi connectivity index (χ0) is 17.3. The highest BCUT2D eigenvalue weighted by molar-refractivity contribution is 7.89. The van der Waals surface area contributed by atoms with Gasteiger partial charge in [0, 0.05) is 25.7 Å². The lowest BCUT2D eigenvalue weighted by Gasteiger charge is -2.36. The number of hydrogen-bond acceptors (Lipinski definition) is 5. The van der Waals surface area contributed by atoms with Crippen LogP contribution < -0.4 is 9.46 Å². The SMILES string of the molecule is COc1cc(Cl)c(S(=O)(=O)NCC2(O)CCN(C)CC2)cc1Cl. The maximum absolute atomic E-state index is 12.4. The van der Waals surface area contributed by atoms with Crippen LogP contribution in [-0.4, -0.2) is 57.8 Å². The standard InChI is InChI=1S/C14H20Cl2N2O4S/c1-18-5-3-14(19,4-6-18)9-17-23(20,21)13-8-10(15)12(22-2)7-11(13)16/h7-8,17,19H,3-6,9H2,1-2H3. The fourth-order valence-electron chi connectivity index (χ4n) is 2.39. The molecule has 1 aromatic rings. The number of rotatable bonds is 5. The second kappa shape index (κ2) is 7.13. The number of sulfonamides is 1. The topological polar surface area (TPSA) is 78.9 Å². The van der Waals surface area contributed by atoms with Crippen LogP contribution >= 0.6 is 23.2 Å². The number of aliphatic hydroxyl groups is 1. The molecule has 1 aromatic carbocycles. The molecule has 23 heavy (non-hydrogen) atoms. The molecule has 0 unspecified atom stereocenters. The first-order chi connectivity index (χ1) is 10.7. The van der Waals surface area contributed by atoms with E-state index in [-0.39, 0.29) is 21.5 Å². The third-order valence-corrected chi connectivity index (χ3v) is 6.17. The minimum Gasteiger partial charge on any atom is -0.495 e. The van der Waals surface area contributed by atoms with Gasteiger partial charge in [0.2, 0.25) is 10.0 Å². The summed E-state index contributed by atoms with van der Waals surface area (Å²) >= 11 is 12.0. The molecule has 0 aliphatic carbocycles. The molecule has 0 bridgehead atoms. The normalized spacial score (nSPS) is 18.8. The molecule has 9 heteroatoms. The Morgan fingerprint density at radius 3 is 2.48 bits per heavy atom. The van der Waals surface area contributed by atoms with Crippen molar-refractivity contribution in [3.05, 3.63) is 22.2 Å². The second-order valence-electron chi connectivity index (χ2n) is 5.77. The molecule has 0 aromatic heterocycles. The molecular weight excluding hydrogens is 363 g/mol. The van der Waals surface area contributed by atoms with Crippen LogP contribution in [0.3, 0.4) is 0 Å². The van der Waals surface area contributed by atoms with E-state index in [1.165, 1.54) is 19.2 Å². The van der Waals surface area contributed by atoms with Gasteiger partial charge in [0.15, 0.2) is 0 Å². The Hall–Kier alpha value is -0.570. The average Bonchev–Trinajstić information content (AvgIpc) is 2.50. The van der Waals surface area contributed by atoms with Crippen molar-refractivity contribution < 1.29 is 18.3 Å². The van der Waals surface area contributed by atoms with Gasteiger partial charge in [-0.15, -0.1) is 0 Å². The highest BCUT2D eigenvalue weighted by atomic mass is 35.5. The Labute approximate surface area is 146 Å². The summed E-state index contributed by atoms with van der Waals surface area (Å²) in [5, 5.41) is 10.6. The predicted octanol–water partition coefficient (Wildman–Crippen LogP) is 1.74. The van der Waals surface area contributed by atoms with Crippen molar-refractivity contribution in [2.45, 2.75) is 23.3 Å². The smallest absolute Gasteiger partial charge is 0.242 e. The minimum absolute atomic E-state index is 0.00844. The molecule has 1 heterocycles. The molecule has 2 rings (SSSR count). The molecule has 1 aliphatic heterocycles. The summed E-state index contributed by atoms with van der Waals surface area (Å²) in [5.41, 5.74) is -1.05. The van der Waals surface area contributed by atoms with Crippen LogP contribution in [0.15, 0.2) is 17.0 Å². The van der Waals surface area contributed by atoms with Crippen molar-refractivity contribution in [2.75, 3.05) is 33.8 Å². The molecule has 1 aliphatic rings. The molecule has 1 saturated heterocycles. The predicted molar refractivity (Wildman–Crippen MR) is 89.9 cm³/mol. The van der Waals surface area contributed by atoms with E-state index in [1.807, 2.05) is 7.05 Å². The van der Waals surface area contributed by atoms with Gasteiger partial charge < -0.3 is 14.7 Å². The molecule has 6 nitrogen and oxygen atoms in total. The van der Waals surface area contributed by atoms with Crippen molar-refractivity contribution in [3.63, 3.8) is 0 Å². The molecule has 0 amide bonds. The van der Waals surface area contributed by atoms with Crippen LogP contribution in [0.5, 0.6) is 5.75 Å².